The Bertz CT molecular complexity index is 558. The van der Waals surface area contributed by atoms with Crippen LogP contribution in [-0.2, 0) is 0 Å². The molecule has 1 aromatic carbocycles. The number of benzene rings is 1. The number of carbonyl (C=O) groups is 1. The molecule has 0 fully saturated rings. The van der Waals surface area contributed by atoms with Crippen molar-refractivity contribution in [3.8, 4) is 11.8 Å². The highest BCUT2D eigenvalue weighted by Gasteiger charge is 2.32. The molecule has 0 aliphatic carbocycles. The second-order valence-corrected chi connectivity index (χ2v) is 3.93. The third-order valence-electron chi connectivity index (χ3n) is 2.28. The summed E-state index contributed by atoms with van der Waals surface area (Å²) in [4.78, 5) is 12.3. The van der Waals surface area contributed by atoms with Crippen molar-refractivity contribution in [2.45, 2.75) is 6.18 Å². The predicted octanol–water partition coefficient (Wildman–Crippen LogP) is 1.80. The van der Waals surface area contributed by atoms with Crippen LogP contribution in [0.15, 0.2) is 18.2 Å². The largest absolute Gasteiger partial charge is 0.406 e. The molecule has 0 bridgehead atoms. The predicted molar refractivity (Wildman–Crippen MR) is 63.4 cm³/mol. The van der Waals surface area contributed by atoms with Crippen molar-refractivity contribution in [1.82, 2.24) is 4.90 Å². The summed E-state index contributed by atoms with van der Waals surface area (Å²) in [5.74, 6) is 2.89. The maximum absolute atomic E-state index is 13.1. The molecular formula is C13H11F4NO2. The van der Waals surface area contributed by atoms with E-state index in [9.17, 15) is 22.4 Å². The zero-order valence-corrected chi connectivity index (χ0v) is 10.5. The van der Waals surface area contributed by atoms with E-state index in [-0.39, 0.29) is 11.1 Å². The van der Waals surface area contributed by atoms with Crippen LogP contribution in [0.5, 0.6) is 0 Å². The molecule has 0 saturated carbocycles. The van der Waals surface area contributed by atoms with Crippen LogP contribution < -0.4 is 0 Å². The summed E-state index contributed by atoms with van der Waals surface area (Å²) in [7, 11) is 0.962. The van der Waals surface area contributed by atoms with E-state index >= 15 is 0 Å². The first-order valence-corrected chi connectivity index (χ1v) is 5.46. The van der Waals surface area contributed by atoms with E-state index in [1.54, 1.807) is 0 Å². The Morgan fingerprint density at radius 3 is 2.60 bits per heavy atom. The van der Waals surface area contributed by atoms with Gasteiger partial charge in [-0.25, -0.2) is 4.39 Å². The smallest absolute Gasteiger partial charge is 0.384 e. The van der Waals surface area contributed by atoms with Crippen LogP contribution >= 0.6 is 0 Å². The molecule has 3 nitrogen and oxygen atoms in total. The number of halogens is 4. The molecule has 7 heteroatoms. The Labute approximate surface area is 112 Å². The third-order valence-corrected chi connectivity index (χ3v) is 2.28. The van der Waals surface area contributed by atoms with Crippen molar-refractivity contribution in [1.29, 1.82) is 0 Å². The van der Waals surface area contributed by atoms with Gasteiger partial charge in [-0.05, 0) is 18.2 Å². The molecule has 1 aromatic rings. The van der Waals surface area contributed by atoms with Crippen LogP contribution in [0.4, 0.5) is 17.6 Å². The Morgan fingerprint density at radius 1 is 1.40 bits per heavy atom. The van der Waals surface area contributed by atoms with Crippen LogP contribution in [0.1, 0.15) is 15.9 Å². The van der Waals surface area contributed by atoms with Gasteiger partial charge in [-0.3, -0.25) is 4.79 Å². The average Bonchev–Trinajstić information content (AvgIpc) is 2.34. The van der Waals surface area contributed by atoms with Gasteiger partial charge in [-0.2, -0.15) is 13.2 Å². The molecule has 20 heavy (non-hydrogen) atoms. The number of alkyl halides is 3. The van der Waals surface area contributed by atoms with Crippen molar-refractivity contribution in [2.24, 2.45) is 0 Å². The molecule has 0 spiro atoms. The van der Waals surface area contributed by atoms with Crippen LogP contribution in [0, 0.1) is 17.7 Å². The van der Waals surface area contributed by atoms with Crippen molar-refractivity contribution < 1.29 is 27.5 Å². The van der Waals surface area contributed by atoms with Gasteiger partial charge < -0.3 is 10.0 Å². The Hall–Kier alpha value is -2.07. The molecule has 0 atom stereocenters. The maximum Gasteiger partial charge on any atom is 0.406 e. The lowest BCUT2D eigenvalue weighted by Gasteiger charge is -2.19. The number of carbonyl (C=O) groups excluding carboxylic acids is 1. The quantitative estimate of drug-likeness (QED) is 0.666. The average molecular weight is 289 g/mol. The summed E-state index contributed by atoms with van der Waals surface area (Å²) in [5.41, 5.74) is -0.225. The van der Waals surface area contributed by atoms with E-state index in [1.165, 1.54) is 6.07 Å². The Morgan fingerprint density at radius 2 is 2.05 bits per heavy atom. The summed E-state index contributed by atoms with van der Waals surface area (Å²) < 4.78 is 49.8. The molecule has 0 aliphatic heterocycles. The van der Waals surface area contributed by atoms with Gasteiger partial charge in [0.2, 0.25) is 0 Å². The Kier molecular flexibility index (Phi) is 5.11. The fraction of sp³-hybridized carbons (Fsp3) is 0.308. The van der Waals surface area contributed by atoms with Gasteiger partial charge in [0.05, 0.1) is 5.56 Å². The summed E-state index contributed by atoms with van der Waals surface area (Å²) in [6.07, 6.45) is -4.55. The second kappa shape index (κ2) is 6.39. The first-order chi connectivity index (χ1) is 9.24. The highest BCUT2D eigenvalue weighted by Crippen LogP contribution is 2.18. The van der Waals surface area contributed by atoms with E-state index in [2.05, 4.69) is 11.8 Å². The molecule has 0 radical (unpaired) electrons. The van der Waals surface area contributed by atoms with E-state index < -0.39 is 31.1 Å². The summed E-state index contributed by atoms with van der Waals surface area (Å²) in [6, 6.07) is 3.02. The molecule has 1 N–H and O–H groups in total. The van der Waals surface area contributed by atoms with Crippen LogP contribution in [-0.4, -0.2) is 42.3 Å². The van der Waals surface area contributed by atoms with Crippen molar-refractivity contribution >= 4 is 5.91 Å². The fourth-order valence-corrected chi connectivity index (χ4v) is 1.48. The molecule has 0 unspecified atom stereocenters. The van der Waals surface area contributed by atoms with Crippen molar-refractivity contribution in [3.63, 3.8) is 0 Å². The zero-order chi connectivity index (χ0) is 15.3. The van der Waals surface area contributed by atoms with Gasteiger partial charge in [0.25, 0.3) is 5.91 Å². The summed E-state index contributed by atoms with van der Waals surface area (Å²) in [6.45, 7) is -1.93. The number of nitrogens with zero attached hydrogens (tertiary/aromatic N) is 1. The lowest BCUT2D eigenvalue weighted by Crippen LogP contribution is -2.36. The van der Waals surface area contributed by atoms with E-state index in [0.717, 1.165) is 19.2 Å². The number of aliphatic hydroxyl groups excluding tert-OH is 1. The number of hydrogen-bond donors (Lipinski definition) is 1. The minimum Gasteiger partial charge on any atom is -0.384 e. The molecule has 0 saturated heterocycles. The van der Waals surface area contributed by atoms with E-state index in [4.69, 9.17) is 5.11 Å². The van der Waals surface area contributed by atoms with Crippen molar-refractivity contribution in [3.05, 3.63) is 35.1 Å². The highest BCUT2D eigenvalue weighted by molar-refractivity contribution is 5.96. The van der Waals surface area contributed by atoms with E-state index in [1.807, 2.05) is 0 Å². The number of rotatable bonds is 2. The van der Waals surface area contributed by atoms with E-state index in [0.29, 0.717) is 4.90 Å². The summed E-state index contributed by atoms with van der Waals surface area (Å²) >= 11 is 0. The standard InChI is InChI=1S/C13H11F4NO2/c1-18(8-13(15,16)17)12(20)11-7-10(14)5-4-9(11)3-2-6-19/h4-5,7,19H,6,8H2,1H3. The van der Waals surface area contributed by atoms with Gasteiger partial charge in [-0.1, -0.05) is 11.8 Å². The van der Waals surface area contributed by atoms with Crippen LogP contribution in [0.2, 0.25) is 0 Å². The zero-order valence-electron chi connectivity index (χ0n) is 10.5. The number of amides is 1. The maximum atomic E-state index is 13.1. The van der Waals surface area contributed by atoms with Gasteiger partial charge in [0.1, 0.15) is 19.0 Å². The third kappa shape index (κ3) is 4.55. The number of hydrogen-bond acceptors (Lipinski definition) is 2. The normalized spacial score (nSPS) is 10.7. The minimum atomic E-state index is -4.55. The lowest BCUT2D eigenvalue weighted by molar-refractivity contribution is -0.138. The molecule has 0 aliphatic rings. The topological polar surface area (TPSA) is 40.5 Å². The van der Waals surface area contributed by atoms with Gasteiger partial charge in [0.15, 0.2) is 0 Å². The molecular weight excluding hydrogens is 278 g/mol. The molecule has 1 amide bonds. The van der Waals surface area contributed by atoms with Gasteiger partial charge >= 0.3 is 6.18 Å². The Balaban J connectivity index is 3.11. The fourth-order valence-electron chi connectivity index (χ4n) is 1.48. The van der Waals surface area contributed by atoms with Gasteiger partial charge in [0, 0.05) is 12.6 Å². The van der Waals surface area contributed by atoms with Crippen LogP contribution in [0.3, 0.4) is 0 Å². The second-order valence-electron chi connectivity index (χ2n) is 3.93. The lowest BCUT2D eigenvalue weighted by atomic mass is 10.1. The monoisotopic (exact) mass is 289 g/mol. The molecule has 0 heterocycles. The van der Waals surface area contributed by atoms with Crippen LogP contribution in [0.25, 0.3) is 0 Å². The molecule has 0 aromatic heterocycles. The SMILES string of the molecule is CN(CC(F)(F)F)C(=O)c1cc(F)ccc1C#CCO. The minimum absolute atomic E-state index is 0.0551. The molecule has 108 valence electrons. The molecule has 1 rings (SSSR count). The highest BCUT2D eigenvalue weighted by atomic mass is 19.4. The first-order valence-electron chi connectivity index (χ1n) is 5.46. The summed E-state index contributed by atoms with van der Waals surface area (Å²) in [5, 5.41) is 8.58. The van der Waals surface area contributed by atoms with Crippen molar-refractivity contribution in [2.75, 3.05) is 20.2 Å². The first kappa shape index (κ1) is 16.0. The van der Waals surface area contributed by atoms with Gasteiger partial charge in [-0.15, -0.1) is 0 Å². The number of aliphatic hydroxyl groups is 1.